The van der Waals surface area contributed by atoms with Gasteiger partial charge in [-0.25, -0.2) is 8.78 Å². The van der Waals surface area contributed by atoms with Gasteiger partial charge in [0.15, 0.2) is 0 Å². The fourth-order valence-electron chi connectivity index (χ4n) is 1.26. The van der Waals surface area contributed by atoms with Crippen LogP contribution in [0.1, 0.15) is 0 Å². The summed E-state index contributed by atoms with van der Waals surface area (Å²) >= 11 is 0. The Morgan fingerprint density at radius 3 is 2.37 bits per heavy atom. The van der Waals surface area contributed by atoms with Crippen LogP contribution in [0.4, 0.5) is 34.6 Å². The van der Waals surface area contributed by atoms with Crippen molar-refractivity contribution < 1.29 is 22.5 Å². The smallest absolute Gasteiger partial charge is 0.324 e. The normalized spacial score (nSPS) is 11.5. The predicted octanol–water partition coefficient (Wildman–Crippen LogP) is 2.95. The van der Waals surface area contributed by atoms with Crippen LogP contribution in [0.15, 0.2) is 18.2 Å². The monoisotopic (exact) mass is 281 g/mol. The average molecular weight is 281 g/mol. The number of alkyl halides is 4. The molecule has 2 N–H and O–H groups in total. The summed E-state index contributed by atoms with van der Waals surface area (Å²) in [6, 6.07) is 3.48. The number of non-ortho nitro benzene ring substituents is 1. The molecule has 0 fully saturated rings. The van der Waals surface area contributed by atoms with Crippen molar-refractivity contribution in [3.63, 3.8) is 0 Å². The lowest BCUT2D eigenvalue weighted by Gasteiger charge is -2.16. The molecule has 1 aromatic carbocycles. The highest BCUT2D eigenvalue weighted by Gasteiger charge is 2.40. The van der Waals surface area contributed by atoms with Crippen molar-refractivity contribution in [2.45, 2.75) is 12.3 Å². The van der Waals surface area contributed by atoms with Gasteiger partial charge in [0.1, 0.15) is 0 Å². The van der Waals surface area contributed by atoms with Gasteiger partial charge in [-0.3, -0.25) is 10.1 Å². The van der Waals surface area contributed by atoms with E-state index in [2.05, 4.69) is 10.6 Å². The lowest BCUT2D eigenvalue weighted by atomic mass is 10.2. The zero-order valence-corrected chi connectivity index (χ0v) is 9.79. The summed E-state index contributed by atoms with van der Waals surface area (Å²) in [4.78, 5) is 9.90. The third kappa shape index (κ3) is 3.97. The molecule has 9 heteroatoms. The standard InChI is InChI=1S/C10H11F4N3O2/c1-15-6-2-7(4-8(3-6)17(18)19)16-5-10(13,14)9(11)12/h2-4,9,15-16H,5H2,1H3. The van der Waals surface area contributed by atoms with E-state index in [-0.39, 0.29) is 11.4 Å². The number of nitrogens with zero attached hydrogens (tertiary/aromatic N) is 1. The van der Waals surface area contributed by atoms with Crippen molar-refractivity contribution in [1.29, 1.82) is 0 Å². The second-order valence-corrected chi connectivity index (χ2v) is 3.69. The van der Waals surface area contributed by atoms with Crippen LogP contribution in [0.2, 0.25) is 0 Å². The van der Waals surface area contributed by atoms with Crippen LogP contribution in [0, 0.1) is 10.1 Å². The quantitative estimate of drug-likeness (QED) is 0.478. The van der Waals surface area contributed by atoms with E-state index in [0.717, 1.165) is 6.07 Å². The Labute approximate surface area is 105 Å². The maximum atomic E-state index is 12.7. The van der Waals surface area contributed by atoms with Gasteiger partial charge in [0.25, 0.3) is 5.69 Å². The number of nitro benzene ring substituents is 1. The van der Waals surface area contributed by atoms with Crippen molar-refractivity contribution in [3.05, 3.63) is 28.3 Å². The zero-order chi connectivity index (χ0) is 14.6. The maximum Gasteiger partial charge on any atom is 0.324 e. The summed E-state index contributed by atoms with van der Waals surface area (Å²) in [6.07, 6.45) is -3.80. The summed E-state index contributed by atoms with van der Waals surface area (Å²) in [5.41, 5.74) is -0.0781. The summed E-state index contributed by atoms with van der Waals surface area (Å²) in [5.74, 6) is -4.20. The SMILES string of the molecule is CNc1cc(NCC(F)(F)C(F)F)cc([N+](=O)[O-])c1. The molecule has 1 rings (SSSR count). The Hall–Kier alpha value is -2.06. The molecule has 5 nitrogen and oxygen atoms in total. The number of halogens is 4. The number of nitrogens with one attached hydrogen (secondary N) is 2. The predicted molar refractivity (Wildman–Crippen MR) is 62.1 cm³/mol. The Morgan fingerprint density at radius 2 is 1.89 bits per heavy atom. The van der Waals surface area contributed by atoms with Crippen molar-refractivity contribution in [1.82, 2.24) is 0 Å². The molecule has 0 radical (unpaired) electrons. The molecule has 0 aliphatic carbocycles. The summed E-state index contributed by atoms with van der Waals surface area (Å²) in [5, 5.41) is 15.3. The first-order chi connectivity index (χ1) is 8.76. The van der Waals surface area contributed by atoms with Crippen LogP contribution in [0.3, 0.4) is 0 Å². The second kappa shape index (κ2) is 5.72. The third-order valence-electron chi connectivity index (χ3n) is 2.26. The van der Waals surface area contributed by atoms with Gasteiger partial charge in [0.05, 0.1) is 11.5 Å². The molecule has 1 aromatic rings. The van der Waals surface area contributed by atoms with E-state index < -0.39 is 23.8 Å². The van der Waals surface area contributed by atoms with Crippen molar-refractivity contribution >= 4 is 17.1 Å². The van der Waals surface area contributed by atoms with E-state index in [1.54, 1.807) is 0 Å². The van der Waals surface area contributed by atoms with Gasteiger partial charge in [-0.2, -0.15) is 8.78 Å². The average Bonchev–Trinajstić information content (AvgIpc) is 2.35. The van der Waals surface area contributed by atoms with Gasteiger partial charge < -0.3 is 10.6 Å². The molecule has 0 saturated heterocycles. The van der Waals surface area contributed by atoms with Crippen molar-refractivity contribution in [2.24, 2.45) is 0 Å². The largest absolute Gasteiger partial charge is 0.388 e. The lowest BCUT2D eigenvalue weighted by Crippen LogP contribution is -2.34. The Bertz CT molecular complexity index is 468. The van der Waals surface area contributed by atoms with Gasteiger partial charge in [0, 0.05) is 30.6 Å². The first-order valence-electron chi connectivity index (χ1n) is 5.13. The number of anilines is 2. The topological polar surface area (TPSA) is 67.2 Å². The Morgan fingerprint density at radius 1 is 1.32 bits per heavy atom. The van der Waals surface area contributed by atoms with Crippen LogP contribution < -0.4 is 10.6 Å². The molecule has 106 valence electrons. The van der Waals surface area contributed by atoms with Crippen molar-refractivity contribution in [3.8, 4) is 0 Å². The number of rotatable bonds is 6. The van der Waals surface area contributed by atoms with Gasteiger partial charge in [0.2, 0.25) is 0 Å². The van der Waals surface area contributed by atoms with Gasteiger partial charge in [-0.1, -0.05) is 0 Å². The van der Waals surface area contributed by atoms with E-state index in [0.29, 0.717) is 5.69 Å². The molecule has 0 unspecified atom stereocenters. The van der Waals surface area contributed by atoms with E-state index in [1.165, 1.54) is 19.2 Å². The first kappa shape index (κ1) is 15.0. The number of nitro groups is 1. The number of benzene rings is 1. The second-order valence-electron chi connectivity index (χ2n) is 3.69. The van der Waals surface area contributed by atoms with Crippen LogP contribution in [-0.2, 0) is 0 Å². The van der Waals surface area contributed by atoms with Crippen LogP contribution in [0.25, 0.3) is 0 Å². The molecular weight excluding hydrogens is 270 g/mol. The minimum absolute atomic E-state index is 0.0427. The molecule has 0 aromatic heterocycles. The first-order valence-corrected chi connectivity index (χ1v) is 5.13. The number of hydrogen-bond donors (Lipinski definition) is 2. The Balaban J connectivity index is 2.89. The zero-order valence-electron chi connectivity index (χ0n) is 9.79. The highest BCUT2D eigenvalue weighted by molar-refractivity contribution is 5.63. The summed E-state index contributed by atoms with van der Waals surface area (Å²) in [6.45, 7) is -1.31. The van der Waals surface area contributed by atoms with Crippen LogP contribution >= 0.6 is 0 Å². The molecule has 0 saturated carbocycles. The van der Waals surface area contributed by atoms with Gasteiger partial charge in [-0.15, -0.1) is 0 Å². The van der Waals surface area contributed by atoms with E-state index in [9.17, 15) is 27.7 Å². The molecule has 0 aliphatic rings. The van der Waals surface area contributed by atoms with Crippen LogP contribution in [0.5, 0.6) is 0 Å². The lowest BCUT2D eigenvalue weighted by molar-refractivity contribution is -0.384. The molecule has 19 heavy (non-hydrogen) atoms. The van der Waals surface area contributed by atoms with E-state index in [4.69, 9.17) is 0 Å². The highest BCUT2D eigenvalue weighted by Crippen LogP contribution is 2.27. The minimum Gasteiger partial charge on any atom is -0.388 e. The fourth-order valence-corrected chi connectivity index (χ4v) is 1.26. The van der Waals surface area contributed by atoms with Crippen LogP contribution in [-0.4, -0.2) is 30.9 Å². The van der Waals surface area contributed by atoms with Crippen molar-refractivity contribution in [2.75, 3.05) is 24.2 Å². The summed E-state index contributed by atoms with van der Waals surface area (Å²) < 4.78 is 49.3. The summed E-state index contributed by atoms with van der Waals surface area (Å²) in [7, 11) is 1.48. The molecule has 0 aliphatic heterocycles. The van der Waals surface area contributed by atoms with Gasteiger partial charge in [-0.05, 0) is 6.07 Å². The molecule has 0 heterocycles. The minimum atomic E-state index is -4.20. The van der Waals surface area contributed by atoms with E-state index in [1.807, 2.05) is 0 Å². The molecule has 0 bridgehead atoms. The Kier molecular flexibility index (Phi) is 4.52. The molecular formula is C10H11F4N3O2. The molecule has 0 atom stereocenters. The third-order valence-corrected chi connectivity index (χ3v) is 2.26. The van der Waals surface area contributed by atoms with E-state index >= 15 is 0 Å². The molecule has 0 amide bonds. The van der Waals surface area contributed by atoms with Gasteiger partial charge >= 0.3 is 12.3 Å². The molecule has 0 spiro atoms. The maximum absolute atomic E-state index is 12.7. The number of hydrogen-bond acceptors (Lipinski definition) is 4. The fraction of sp³-hybridized carbons (Fsp3) is 0.400. The highest BCUT2D eigenvalue weighted by atomic mass is 19.3.